The number of thiazole rings is 1. The maximum absolute atomic E-state index is 12.4. The van der Waals surface area contributed by atoms with Crippen LogP contribution in [0.15, 0.2) is 29.4 Å². The number of aryl methyl sites for hydroxylation is 1. The normalized spacial score (nSPS) is 17.3. The van der Waals surface area contributed by atoms with E-state index in [9.17, 15) is 8.42 Å². The van der Waals surface area contributed by atoms with E-state index in [0.29, 0.717) is 18.9 Å². The van der Waals surface area contributed by atoms with E-state index in [0.717, 1.165) is 22.7 Å². The van der Waals surface area contributed by atoms with Crippen molar-refractivity contribution in [3.8, 4) is 0 Å². The van der Waals surface area contributed by atoms with Crippen molar-refractivity contribution in [3.63, 3.8) is 0 Å². The van der Waals surface area contributed by atoms with Crippen LogP contribution in [-0.2, 0) is 10.0 Å². The van der Waals surface area contributed by atoms with Crippen LogP contribution >= 0.6 is 11.3 Å². The molecule has 0 saturated carbocycles. The second-order valence-electron chi connectivity index (χ2n) is 5.67. The summed E-state index contributed by atoms with van der Waals surface area (Å²) in [6, 6.07) is 3.35. The summed E-state index contributed by atoms with van der Waals surface area (Å²) in [6.07, 6.45) is 5.13. The van der Waals surface area contributed by atoms with Crippen LogP contribution in [0.3, 0.4) is 0 Å². The standard InChI is InChI=1S/C15H20N4O2S2/c1-11-9-17-15(22-11)12(2)18-14-6-5-13(10-16-14)23(20,21)19-7-3-4-8-19/h5-6,9-10,12H,3-4,7-8H2,1-2H3,(H,16,18). The molecule has 0 amide bonds. The summed E-state index contributed by atoms with van der Waals surface area (Å²) in [6.45, 7) is 5.23. The Kier molecular flexibility index (Phi) is 4.65. The lowest BCUT2D eigenvalue weighted by molar-refractivity contribution is 0.477. The monoisotopic (exact) mass is 352 g/mol. The highest BCUT2D eigenvalue weighted by Gasteiger charge is 2.27. The topological polar surface area (TPSA) is 75.2 Å². The van der Waals surface area contributed by atoms with E-state index in [1.54, 1.807) is 23.5 Å². The predicted molar refractivity (Wildman–Crippen MR) is 91.1 cm³/mol. The van der Waals surface area contributed by atoms with Gasteiger partial charge in [-0.25, -0.2) is 18.4 Å². The summed E-state index contributed by atoms with van der Waals surface area (Å²) in [5.74, 6) is 0.644. The summed E-state index contributed by atoms with van der Waals surface area (Å²) in [5, 5.41) is 4.23. The number of sulfonamides is 1. The van der Waals surface area contributed by atoms with Crippen molar-refractivity contribution in [2.75, 3.05) is 18.4 Å². The molecule has 2 aromatic rings. The first-order valence-corrected chi connectivity index (χ1v) is 9.87. The second-order valence-corrected chi connectivity index (χ2v) is 8.87. The maximum Gasteiger partial charge on any atom is 0.244 e. The molecule has 0 aliphatic carbocycles. The number of anilines is 1. The zero-order valence-corrected chi connectivity index (χ0v) is 14.8. The molecule has 3 heterocycles. The highest BCUT2D eigenvalue weighted by Crippen LogP contribution is 2.24. The van der Waals surface area contributed by atoms with Crippen LogP contribution in [0.1, 0.15) is 35.7 Å². The molecule has 2 aromatic heterocycles. The minimum atomic E-state index is -3.40. The molecule has 124 valence electrons. The van der Waals surface area contributed by atoms with E-state index >= 15 is 0 Å². The Morgan fingerprint density at radius 1 is 1.22 bits per heavy atom. The van der Waals surface area contributed by atoms with Gasteiger partial charge in [-0.3, -0.25) is 0 Å². The lowest BCUT2D eigenvalue weighted by atomic mass is 10.3. The number of rotatable bonds is 5. The molecule has 23 heavy (non-hydrogen) atoms. The fourth-order valence-corrected chi connectivity index (χ4v) is 4.79. The highest BCUT2D eigenvalue weighted by molar-refractivity contribution is 7.89. The van der Waals surface area contributed by atoms with Crippen LogP contribution in [0, 0.1) is 6.92 Å². The Morgan fingerprint density at radius 3 is 2.52 bits per heavy atom. The van der Waals surface area contributed by atoms with Gasteiger partial charge in [0.1, 0.15) is 15.7 Å². The molecule has 8 heteroatoms. The molecule has 0 bridgehead atoms. The summed E-state index contributed by atoms with van der Waals surface area (Å²) >= 11 is 1.64. The van der Waals surface area contributed by atoms with Gasteiger partial charge in [-0.15, -0.1) is 11.3 Å². The summed E-state index contributed by atoms with van der Waals surface area (Å²) in [7, 11) is -3.40. The minimum Gasteiger partial charge on any atom is -0.361 e. The van der Waals surface area contributed by atoms with Gasteiger partial charge in [0.15, 0.2) is 0 Å². The Balaban J connectivity index is 1.72. The van der Waals surface area contributed by atoms with E-state index in [1.165, 1.54) is 10.5 Å². The zero-order valence-electron chi connectivity index (χ0n) is 13.2. The Bertz CT molecular complexity index is 765. The van der Waals surface area contributed by atoms with Crippen LogP contribution in [-0.4, -0.2) is 35.8 Å². The maximum atomic E-state index is 12.4. The molecule has 0 spiro atoms. The van der Waals surface area contributed by atoms with Crippen molar-refractivity contribution in [3.05, 3.63) is 34.4 Å². The fourth-order valence-electron chi connectivity index (χ4n) is 2.55. The fraction of sp³-hybridized carbons (Fsp3) is 0.467. The first-order valence-electron chi connectivity index (χ1n) is 7.62. The molecule has 0 aromatic carbocycles. The highest BCUT2D eigenvalue weighted by atomic mass is 32.2. The number of nitrogens with one attached hydrogen (secondary N) is 1. The van der Waals surface area contributed by atoms with Crippen LogP contribution in [0.2, 0.25) is 0 Å². The van der Waals surface area contributed by atoms with Gasteiger partial charge in [-0.2, -0.15) is 4.31 Å². The van der Waals surface area contributed by atoms with Gasteiger partial charge in [0.25, 0.3) is 0 Å². The van der Waals surface area contributed by atoms with Crippen molar-refractivity contribution in [1.82, 2.24) is 14.3 Å². The van der Waals surface area contributed by atoms with Crippen molar-refractivity contribution >= 4 is 27.2 Å². The number of hydrogen-bond acceptors (Lipinski definition) is 6. The summed E-state index contributed by atoms with van der Waals surface area (Å²) in [5.41, 5.74) is 0. The van der Waals surface area contributed by atoms with Gasteiger partial charge in [0, 0.05) is 30.4 Å². The van der Waals surface area contributed by atoms with Gasteiger partial charge >= 0.3 is 0 Å². The molecule has 1 fully saturated rings. The third kappa shape index (κ3) is 3.54. The predicted octanol–water partition coefficient (Wildman–Crippen LogP) is 2.80. The van der Waals surface area contributed by atoms with Gasteiger partial charge < -0.3 is 5.32 Å². The molecule has 1 aliphatic rings. The van der Waals surface area contributed by atoms with E-state index in [4.69, 9.17) is 0 Å². The van der Waals surface area contributed by atoms with Crippen LogP contribution in [0.25, 0.3) is 0 Å². The average molecular weight is 352 g/mol. The molecule has 1 atom stereocenters. The molecule has 1 N–H and O–H groups in total. The van der Waals surface area contributed by atoms with E-state index in [1.807, 2.05) is 20.0 Å². The summed E-state index contributed by atoms with van der Waals surface area (Å²) in [4.78, 5) is 10.0. The van der Waals surface area contributed by atoms with E-state index in [-0.39, 0.29) is 10.9 Å². The third-order valence-corrected chi connectivity index (χ3v) is 6.79. The second kappa shape index (κ2) is 6.54. The van der Waals surface area contributed by atoms with Crippen LogP contribution in [0.5, 0.6) is 0 Å². The largest absolute Gasteiger partial charge is 0.361 e. The third-order valence-electron chi connectivity index (χ3n) is 3.81. The Morgan fingerprint density at radius 2 is 1.96 bits per heavy atom. The quantitative estimate of drug-likeness (QED) is 0.895. The van der Waals surface area contributed by atoms with Gasteiger partial charge in [0.05, 0.1) is 6.04 Å². The number of aromatic nitrogens is 2. The Hall–Kier alpha value is -1.51. The smallest absolute Gasteiger partial charge is 0.244 e. The Labute approximate surface area is 140 Å². The van der Waals surface area contributed by atoms with Crippen molar-refractivity contribution in [2.45, 2.75) is 37.6 Å². The average Bonchev–Trinajstić information content (AvgIpc) is 3.19. The van der Waals surface area contributed by atoms with E-state index in [2.05, 4.69) is 15.3 Å². The van der Waals surface area contributed by atoms with Crippen molar-refractivity contribution < 1.29 is 8.42 Å². The van der Waals surface area contributed by atoms with Crippen molar-refractivity contribution in [2.24, 2.45) is 0 Å². The van der Waals surface area contributed by atoms with E-state index < -0.39 is 10.0 Å². The number of nitrogens with zero attached hydrogens (tertiary/aromatic N) is 3. The molecule has 0 radical (unpaired) electrons. The number of pyridine rings is 1. The number of hydrogen-bond donors (Lipinski definition) is 1. The minimum absolute atomic E-state index is 0.0299. The summed E-state index contributed by atoms with van der Waals surface area (Å²) < 4.78 is 26.4. The van der Waals surface area contributed by atoms with Crippen LogP contribution in [0.4, 0.5) is 5.82 Å². The van der Waals surface area contributed by atoms with Gasteiger partial charge in [-0.05, 0) is 38.8 Å². The molecule has 1 saturated heterocycles. The molecular formula is C15H20N4O2S2. The molecule has 1 aliphatic heterocycles. The lowest BCUT2D eigenvalue weighted by Crippen LogP contribution is -2.27. The first kappa shape index (κ1) is 16.4. The van der Waals surface area contributed by atoms with Gasteiger partial charge in [0.2, 0.25) is 10.0 Å². The van der Waals surface area contributed by atoms with Gasteiger partial charge in [-0.1, -0.05) is 0 Å². The molecular weight excluding hydrogens is 332 g/mol. The molecule has 6 nitrogen and oxygen atoms in total. The van der Waals surface area contributed by atoms with Crippen LogP contribution < -0.4 is 5.32 Å². The SMILES string of the molecule is Cc1cnc(C(C)Nc2ccc(S(=O)(=O)N3CCCC3)cn2)s1. The zero-order chi connectivity index (χ0) is 16.4. The van der Waals surface area contributed by atoms with Crippen molar-refractivity contribution in [1.29, 1.82) is 0 Å². The lowest BCUT2D eigenvalue weighted by Gasteiger charge is -2.16. The first-order chi connectivity index (χ1) is 11.0. The molecule has 1 unspecified atom stereocenters. The molecule has 3 rings (SSSR count).